The molecule has 2 aromatic heterocycles. The van der Waals surface area contributed by atoms with Crippen molar-refractivity contribution >= 4 is 28.7 Å². The number of amides is 1. The van der Waals surface area contributed by atoms with Crippen LogP contribution in [0.4, 0.5) is 17.2 Å². The van der Waals surface area contributed by atoms with Crippen LogP contribution in [-0.4, -0.2) is 72.0 Å². The molecule has 186 valence electrons. The number of aromatic nitrogens is 3. The lowest BCUT2D eigenvalue weighted by atomic mass is 10.1. The highest BCUT2D eigenvalue weighted by atomic mass is 16.2. The molecule has 5 rings (SSSR count). The minimum atomic E-state index is 0.0917. The maximum absolute atomic E-state index is 13.2. The fourth-order valence-corrected chi connectivity index (χ4v) is 4.95. The van der Waals surface area contributed by atoms with Gasteiger partial charge in [-0.25, -0.2) is 4.98 Å². The van der Waals surface area contributed by atoms with Gasteiger partial charge in [0.1, 0.15) is 11.5 Å². The summed E-state index contributed by atoms with van der Waals surface area (Å²) < 4.78 is 1.95. The quantitative estimate of drug-likeness (QED) is 0.450. The molecule has 0 saturated carbocycles. The van der Waals surface area contributed by atoms with Gasteiger partial charge in [0.15, 0.2) is 5.65 Å². The van der Waals surface area contributed by atoms with Crippen LogP contribution < -0.4 is 15.1 Å². The summed E-state index contributed by atoms with van der Waals surface area (Å²) in [6, 6.07) is 14.7. The predicted molar refractivity (Wildman–Crippen MR) is 146 cm³/mol. The second-order valence-electron chi connectivity index (χ2n) is 9.52. The van der Waals surface area contributed by atoms with Gasteiger partial charge >= 0.3 is 0 Å². The smallest absolute Gasteiger partial charge is 0.242 e. The van der Waals surface area contributed by atoms with E-state index in [1.807, 2.05) is 29.6 Å². The molecule has 4 aromatic rings. The number of anilines is 3. The first kappa shape index (κ1) is 23.7. The Labute approximate surface area is 212 Å². The normalized spacial score (nSPS) is 13.8. The van der Waals surface area contributed by atoms with Crippen molar-refractivity contribution in [2.24, 2.45) is 0 Å². The lowest BCUT2D eigenvalue weighted by Crippen LogP contribution is -2.50. The molecule has 36 heavy (non-hydrogen) atoms. The van der Waals surface area contributed by atoms with Gasteiger partial charge in [0, 0.05) is 69.6 Å². The van der Waals surface area contributed by atoms with Gasteiger partial charge in [-0.15, -0.1) is 0 Å². The Morgan fingerprint density at radius 3 is 2.36 bits per heavy atom. The number of nitrogens with zero attached hydrogens (tertiary/aromatic N) is 6. The highest BCUT2D eigenvalue weighted by Gasteiger charge is 2.23. The maximum Gasteiger partial charge on any atom is 0.242 e. The number of para-hydroxylation sites is 1. The van der Waals surface area contributed by atoms with Gasteiger partial charge in [0.25, 0.3) is 0 Å². The fourth-order valence-electron chi connectivity index (χ4n) is 4.95. The first-order valence-corrected chi connectivity index (χ1v) is 12.3. The summed E-state index contributed by atoms with van der Waals surface area (Å²) in [6.45, 7) is 7.61. The molecule has 2 aromatic carbocycles. The molecular formula is C28H33N7O. The second kappa shape index (κ2) is 9.89. The Kier molecular flexibility index (Phi) is 6.50. The zero-order valence-electron chi connectivity index (χ0n) is 21.4. The van der Waals surface area contributed by atoms with Gasteiger partial charge in [0.2, 0.25) is 5.91 Å². The third-order valence-corrected chi connectivity index (χ3v) is 6.88. The summed E-state index contributed by atoms with van der Waals surface area (Å²) >= 11 is 0. The van der Waals surface area contributed by atoms with E-state index in [2.05, 4.69) is 76.4 Å². The van der Waals surface area contributed by atoms with Crippen LogP contribution in [0.15, 0.2) is 61.1 Å². The molecule has 1 N–H and O–H groups in total. The summed E-state index contributed by atoms with van der Waals surface area (Å²) in [6.07, 6.45) is 5.33. The van der Waals surface area contributed by atoms with E-state index in [-0.39, 0.29) is 12.5 Å². The van der Waals surface area contributed by atoms with Gasteiger partial charge in [-0.1, -0.05) is 30.3 Å². The first-order chi connectivity index (χ1) is 17.4. The van der Waals surface area contributed by atoms with Crippen molar-refractivity contribution in [3.05, 3.63) is 72.2 Å². The largest absolute Gasteiger partial charge is 0.378 e. The van der Waals surface area contributed by atoms with Gasteiger partial charge in [-0.2, -0.15) is 0 Å². The highest BCUT2D eigenvalue weighted by molar-refractivity contribution is 5.84. The van der Waals surface area contributed by atoms with Gasteiger partial charge in [-0.05, 0) is 37.1 Å². The van der Waals surface area contributed by atoms with E-state index in [9.17, 15) is 4.79 Å². The van der Waals surface area contributed by atoms with Crippen LogP contribution in [0, 0.1) is 13.8 Å². The molecule has 0 atom stereocenters. The summed E-state index contributed by atoms with van der Waals surface area (Å²) in [4.78, 5) is 28.6. The molecule has 1 fully saturated rings. The van der Waals surface area contributed by atoms with Crippen molar-refractivity contribution in [3.63, 3.8) is 0 Å². The molecule has 1 amide bonds. The lowest BCUT2D eigenvalue weighted by Gasteiger charge is -2.37. The monoisotopic (exact) mass is 483 g/mol. The Balaban J connectivity index is 1.30. The van der Waals surface area contributed by atoms with Crippen LogP contribution in [0.5, 0.6) is 0 Å². The number of hydrogen-bond acceptors (Lipinski definition) is 6. The molecule has 1 saturated heterocycles. The SMILES string of the molecule is Cc1cccc(C)c1N1CCN(C(=O)CNc2c(-c3ccc(N(C)C)cc3)nc3cnccn23)CC1. The van der Waals surface area contributed by atoms with E-state index >= 15 is 0 Å². The van der Waals surface area contributed by atoms with Crippen LogP contribution in [0.1, 0.15) is 11.1 Å². The average molecular weight is 484 g/mol. The number of benzene rings is 2. The standard InChI is InChI=1S/C28H33N7O/c1-20-6-5-7-21(2)27(20)34-16-14-33(15-17-34)25(36)19-30-28-26(31-24-18-29-12-13-35(24)28)22-8-10-23(11-9-22)32(3)4/h5-13,18,30H,14-17,19H2,1-4H3. The topological polar surface area (TPSA) is 69.0 Å². The Morgan fingerprint density at radius 2 is 1.69 bits per heavy atom. The molecule has 1 aliphatic heterocycles. The van der Waals surface area contributed by atoms with Crippen LogP contribution in [0.2, 0.25) is 0 Å². The van der Waals surface area contributed by atoms with Crippen LogP contribution in [-0.2, 0) is 4.79 Å². The number of piperazine rings is 1. The van der Waals surface area contributed by atoms with Crippen LogP contribution in [0.3, 0.4) is 0 Å². The van der Waals surface area contributed by atoms with E-state index in [1.54, 1.807) is 12.4 Å². The Hall–Kier alpha value is -4.07. The van der Waals surface area contributed by atoms with Gasteiger partial charge in [-0.3, -0.25) is 14.2 Å². The number of rotatable bonds is 6. The minimum Gasteiger partial charge on any atom is -0.378 e. The third-order valence-electron chi connectivity index (χ3n) is 6.88. The number of carbonyl (C=O) groups excluding carboxylic acids is 1. The molecule has 0 bridgehead atoms. The summed E-state index contributed by atoms with van der Waals surface area (Å²) in [5, 5.41) is 3.39. The maximum atomic E-state index is 13.2. The van der Waals surface area contributed by atoms with E-state index in [1.165, 1.54) is 16.8 Å². The van der Waals surface area contributed by atoms with Crippen molar-refractivity contribution in [2.45, 2.75) is 13.8 Å². The number of hydrogen-bond donors (Lipinski definition) is 1. The molecule has 0 aliphatic carbocycles. The van der Waals surface area contributed by atoms with Crippen molar-refractivity contribution < 1.29 is 4.79 Å². The zero-order chi connectivity index (χ0) is 25.2. The molecule has 3 heterocycles. The van der Waals surface area contributed by atoms with E-state index in [4.69, 9.17) is 4.98 Å². The molecule has 0 unspecified atom stereocenters. The summed E-state index contributed by atoms with van der Waals surface area (Å²) in [5.74, 6) is 0.890. The zero-order valence-corrected chi connectivity index (χ0v) is 21.4. The molecule has 1 aliphatic rings. The molecule has 0 radical (unpaired) electrons. The molecule has 8 nitrogen and oxygen atoms in total. The van der Waals surface area contributed by atoms with E-state index < -0.39 is 0 Å². The van der Waals surface area contributed by atoms with Crippen molar-refractivity contribution in [3.8, 4) is 11.3 Å². The Morgan fingerprint density at radius 1 is 1.00 bits per heavy atom. The average Bonchev–Trinajstić information content (AvgIpc) is 3.26. The molecular weight excluding hydrogens is 450 g/mol. The summed E-state index contributed by atoms with van der Waals surface area (Å²) in [7, 11) is 4.04. The van der Waals surface area contributed by atoms with Crippen molar-refractivity contribution in [2.75, 3.05) is 61.9 Å². The number of imidazole rings is 1. The molecule has 0 spiro atoms. The second-order valence-corrected chi connectivity index (χ2v) is 9.52. The van der Waals surface area contributed by atoms with Gasteiger partial charge in [0.05, 0.1) is 12.7 Å². The number of nitrogens with one attached hydrogen (secondary N) is 1. The third kappa shape index (κ3) is 4.58. The fraction of sp³-hybridized carbons (Fsp3) is 0.321. The van der Waals surface area contributed by atoms with Crippen LogP contribution in [0.25, 0.3) is 16.9 Å². The van der Waals surface area contributed by atoms with Crippen LogP contribution >= 0.6 is 0 Å². The number of aryl methyl sites for hydroxylation is 2. The summed E-state index contributed by atoms with van der Waals surface area (Å²) in [5.41, 5.74) is 7.51. The van der Waals surface area contributed by atoms with Crippen molar-refractivity contribution in [1.82, 2.24) is 19.3 Å². The van der Waals surface area contributed by atoms with Gasteiger partial charge < -0.3 is 20.0 Å². The lowest BCUT2D eigenvalue weighted by molar-refractivity contribution is -0.129. The Bertz CT molecular complexity index is 1350. The van der Waals surface area contributed by atoms with E-state index in [0.29, 0.717) is 13.1 Å². The predicted octanol–water partition coefficient (Wildman–Crippen LogP) is 3.84. The highest BCUT2D eigenvalue weighted by Crippen LogP contribution is 2.30. The van der Waals surface area contributed by atoms with Crippen molar-refractivity contribution in [1.29, 1.82) is 0 Å². The van der Waals surface area contributed by atoms with E-state index in [0.717, 1.165) is 41.5 Å². The molecule has 8 heteroatoms. The number of fused-ring (bicyclic) bond motifs is 1. The first-order valence-electron chi connectivity index (χ1n) is 12.3. The number of carbonyl (C=O) groups is 1. The minimum absolute atomic E-state index is 0.0917.